The highest BCUT2D eigenvalue weighted by molar-refractivity contribution is 5.95. The first-order valence-electron chi connectivity index (χ1n) is 10.5. The molecule has 1 aliphatic rings. The summed E-state index contributed by atoms with van der Waals surface area (Å²) in [6.45, 7) is 5.01. The number of para-hydroxylation sites is 1. The Kier molecular flexibility index (Phi) is 6.27. The van der Waals surface area contributed by atoms with Gasteiger partial charge in [-0.2, -0.15) is 0 Å². The van der Waals surface area contributed by atoms with Gasteiger partial charge in [-0.15, -0.1) is 5.10 Å². The summed E-state index contributed by atoms with van der Waals surface area (Å²) in [7, 11) is 0. The first-order valence-corrected chi connectivity index (χ1v) is 10.5. The number of ether oxygens (including phenoxy) is 1. The lowest BCUT2D eigenvalue weighted by Crippen LogP contribution is -2.43. The molecule has 1 fully saturated rings. The summed E-state index contributed by atoms with van der Waals surface area (Å²) in [4.78, 5) is 27.5. The number of anilines is 1. The quantitative estimate of drug-likeness (QED) is 0.634. The van der Waals surface area contributed by atoms with Gasteiger partial charge < -0.3 is 15.0 Å². The van der Waals surface area contributed by atoms with Crippen molar-refractivity contribution >= 4 is 28.5 Å². The van der Waals surface area contributed by atoms with E-state index in [2.05, 4.69) is 15.6 Å². The number of nitrogens with zero attached hydrogens (tertiary/aromatic N) is 4. The average molecular weight is 422 g/mol. The lowest BCUT2D eigenvalue weighted by molar-refractivity contribution is -0.136. The molecule has 31 heavy (non-hydrogen) atoms. The molecule has 1 atom stereocenters. The Morgan fingerprint density at radius 1 is 1.19 bits per heavy atom. The molecule has 0 unspecified atom stereocenters. The molecule has 2 heterocycles. The van der Waals surface area contributed by atoms with Crippen LogP contribution >= 0.6 is 0 Å². The standard InChI is InChI=1S/C23H27N5O3/c1-16-7-5-10-19(17(16)2)24-22(29)14-27(13-18-8-6-12-31-18)23(30)15-28-21-11-4-3-9-20(21)25-26-28/h3-5,7,9-11,18H,6,8,12-15H2,1-2H3,(H,24,29)/t18-/m0/s1. The fourth-order valence-corrected chi connectivity index (χ4v) is 3.80. The lowest BCUT2D eigenvalue weighted by atomic mass is 10.1. The van der Waals surface area contributed by atoms with Crippen LogP contribution in [0.15, 0.2) is 42.5 Å². The zero-order valence-corrected chi connectivity index (χ0v) is 17.9. The Hall–Kier alpha value is -3.26. The molecule has 2 amide bonds. The summed E-state index contributed by atoms with van der Waals surface area (Å²) in [6.07, 6.45) is 1.80. The Labute approximate surface area is 181 Å². The predicted octanol–water partition coefficient (Wildman–Crippen LogP) is 2.69. The number of amides is 2. The Morgan fingerprint density at radius 3 is 2.84 bits per heavy atom. The van der Waals surface area contributed by atoms with Crippen molar-refractivity contribution in [2.24, 2.45) is 0 Å². The number of fused-ring (bicyclic) bond motifs is 1. The van der Waals surface area contributed by atoms with Gasteiger partial charge in [0.1, 0.15) is 18.6 Å². The van der Waals surface area contributed by atoms with Crippen LogP contribution in [-0.4, -0.2) is 57.5 Å². The molecule has 0 spiro atoms. The summed E-state index contributed by atoms with van der Waals surface area (Å²) in [5.41, 5.74) is 4.39. The van der Waals surface area contributed by atoms with Crippen LogP contribution in [-0.2, 0) is 20.9 Å². The van der Waals surface area contributed by atoms with Gasteiger partial charge in [-0.1, -0.05) is 29.5 Å². The van der Waals surface area contributed by atoms with Crippen molar-refractivity contribution < 1.29 is 14.3 Å². The zero-order valence-electron chi connectivity index (χ0n) is 17.9. The monoisotopic (exact) mass is 421 g/mol. The third kappa shape index (κ3) is 4.91. The first kappa shape index (κ1) is 21.0. The summed E-state index contributed by atoms with van der Waals surface area (Å²) in [6, 6.07) is 13.3. The predicted molar refractivity (Wildman–Crippen MR) is 118 cm³/mol. The van der Waals surface area contributed by atoms with Crippen LogP contribution in [0.25, 0.3) is 11.0 Å². The van der Waals surface area contributed by atoms with E-state index in [4.69, 9.17) is 4.74 Å². The maximum Gasteiger partial charge on any atom is 0.244 e. The van der Waals surface area contributed by atoms with E-state index in [1.54, 1.807) is 9.58 Å². The van der Waals surface area contributed by atoms with E-state index in [0.717, 1.165) is 40.7 Å². The van der Waals surface area contributed by atoms with E-state index in [-0.39, 0.29) is 31.0 Å². The molecule has 0 radical (unpaired) electrons. The van der Waals surface area contributed by atoms with Crippen molar-refractivity contribution in [3.05, 3.63) is 53.6 Å². The maximum absolute atomic E-state index is 13.2. The van der Waals surface area contributed by atoms with E-state index in [9.17, 15) is 9.59 Å². The van der Waals surface area contributed by atoms with Gasteiger partial charge in [0, 0.05) is 18.8 Å². The van der Waals surface area contributed by atoms with Crippen LogP contribution in [0.3, 0.4) is 0 Å². The van der Waals surface area contributed by atoms with Crippen molar-refractivity contribution in [2.75, 3.05) is 25.0 Å². The summed E-state index contributed by atoms with van der Waals surface area (Å²) < 4.78 is 7.29. The second-order valence-corrected chi connectivity index (χ2v) is 7.94. The highest BCUT2D eigenvalue weighted by atomic mass is 16.5. The first-order chi connectivity index (χ1) is 15.0. The lowest BCUT2D eigenvalue weighted by Gasteiger charge is -2.25. The molecule has 3 aromatic rings. The van der Waals surface area contributed by atoms with Crippen LogP contribution in [0.5, 0.6) is 0 Å². The Balaban J connectivity index is 1.48. The minimum atomic E-state index is -0.233. The molecule has 1 saturated heterocycles. The normalized spacial score (nSPS) is 15.9. The smallest absolute Gasteiger partial charge is 0.244 e. The number of hydrogen-bond acceptors (Lipinski definition) is 5. The van der Waals surface area contributed by atoms with Gasteiger partial charge in [-0.25, -0.2) is 4.68 Å². The van der Waals surface area contributed by atoms with E-state index in [1.807, 2.05) is 56.3 Å². The molecule has 8 heteroatoms. The fourth-order valence-electron chi connectivity index (χ4n) is 3.80. The average Bonchev–Trinajstić information content (AvgIpc) is 3.41. The van der Waals surface area contributed by atoms with Crippen LogP contribution in [0.1, 0.15) is 24.0 Å². The largest absolute Gasteiger partial charge is 0.376 e. The molecule has 4 rings (SSSR count). The topological polar surface area (TPSA) is 89.4 Å². The van der Waals surface area contributed by atoms with Gasteiger partial charge in [-0.3, -0.25) is 9.59 Å². The third-order valence-corrected chi connectivity index (χ3v) is 5.72. The number of carbonyl (C=O) groups excluding carboxylic acids is 2. The molecule has 1 aliphatic heterocycles. The summed E-state index contributed by atoms with van der Waals surface area (Å²) in [5, 5.41) is 11.2. The molecule has 0 bridgehead atoms. The van der Waals surface area contributed by atoms with Crippen LogP contribution < -0.4 is 5.32 Å². The SMILES string of the molecule is Cc1cccc(NC(=O)CN(C[C@@H]2CCCO2)C(=O)Cn2nnc3ccccc32)c1C. The van der Waals surface area contributed by atoms with Crippen molar-refractivity contribution in [2.45, 2.75) is 39.3 Å². The number of nitrogens with one attached hydrogen (secondary N) is 1. The van der Waals surface area contributed by atoms with Crippen LogP contribution in [0.4, 0.5) is 5.69 Å². The van der Waals surface area contributed by atoms with Crippen molar-refractivity contribution in [3.63, 3.8) is 0 Å². The molecule has 0 aliphatic carbocycles. The van der Waals surface area contributed by atoms with Crippen LogP contribution in [0, 0.1) is 13.8 Å². The minimum absolute atomic E-state index is 0.0178. The number of benzene rings is 2. The van der Waals surface area contributed by atoms with E-state index in [1.165, 1.54) is 0 Å². The maximum atomic E-state index is 13.2. The molecule has 162 valence electrons. The molecule has 0 saturated carbocycles. The molecular formula is C23H27N5O3. The van der Waals surface area contributed by atoms with E-state index in [0.29, 0.717) is 13.2 Å². The molecule has 8 nitrogen and oxygen atoms in total. The Morgan fingerprint density at radius 2 is 2.03 bits per heavy atom. The second-order valence-electron chi connectivity index (χ2n) is 7.94. The number of aromatic nitrogens is 3. The van der Waals surface area contributed by atoms with Gasteiger partial charge in [0.2, 0.25) is 11.8 Å². The molecule has 2 aromatic carbocycles. The van der Waals surface area contributed by atoms with E-state index < -0.39 is 0 Å². The van der Waals surface area contributed by atoms with Gasteiger partial charge in [0.05, 0.1) is 11.6 Å². The highest BCUT2D eigenvalue weighted by Gasteiger charge is 2.25. The fraction of sp³-hybridized carbons (Fsp3) is 0.391. The number of hydrogen-bond donors (Lipinski definition) is 1. The molecule has 1 aromatic heterocycles. The van der Waals surface area contributed by atoms with Gasteiger partial charge in [0.15, 0.2) is 0 Å². The van der Waals surface area contributed by atoms with Crippen molar-refractivity contribution in [1.29, 1.82) is 0 Å². The third-order valence-electron chi connectivity index (χ3n) is 5.72. The molecular weight excluding hydrogens is 394 g/mol. The zero-order chi connectivity index (χ0) is 21.8. The number of aryl methyl sites for hydroxylation is 1. The van der Waals surface area contributed by atoms with Gasteiger partial charge >= 0.3 is 0 Å². The highest BCUT2D eigenvalue weighted by Crippen LogP contribution is 2.19. The molecule has 1 N–H and O–H groups in total. The van der Waals surface area contributed by atoms with Gasteiger partial charge in [0.25, 0.3) is 0 Å². The second kappa shape index (κ2) is 9.26. The van der Waals surface area contributed by atoms with Crippen LogP contribution in [0.2, 0.25) is 0 Å². The Bertz CT molecular complexity index is 1090. The number of carbonyl (C=O) groups is 2. The number of rotatable bonds is 7. The van der Waals surface area contributed by atoms with E-state index >= 15 is 0 Å². The van der Waals surface area contributed by atoms with Gasteiger partial charge in [-0.05, 0) is 56.0 Å². The summed E-state index contributed by atoms with van der Waals surface area (Å²) in [5.74, 6) is -0.425. The summed E-state index contributed by atoms with van der Waals surface area (Å²) >= 11 is 0. The van der Waals surface area contributed by atoms with Crippen molar-refractivity contribution in [3.8, 4) is 0 Å². The minimum Gasteiger partial charge on any atom is -0.376 e. The van der Waals surface area contributed by atoms with Crippen molar-refractivity contribution in [1.82, 2.24) is 19.9 Å².